The Kier molecular flexibility index (Phi) is 2.92. The minimum Gasteiger partial charge on any atom is -0.320 e. The Labute approximate surface area is 94.6 Å². The SMILES string of the molecule is Cc1cc(C(N)c2cncnc2)cc(C)n1. The molecule has 0 saturated carbocycles. The van der Waals surface area contributed by atoms with Gasteiger partial charge in [-0.3, -0.25) is 4.98 Å². The van der Waals surface area contributed by atoms with Crippen molar-refractivity contribution < 1.29 is 0 Å². The molecule has 2 aromatic heterocycles. The van der Waals surface area contributed by atoms with Gasteiger partial charge in [-0.15, -0.1) is 0 Å². The van der Waals surface area contributed by atoms with E-state index >= 15 is 0 Å². The summed E-state index contributed by atoms with van der Waals surface area (Å²) in [6, 6.07) is 3.79. The summed E-state index contributed by atoms with van der Waals surface area (Å²) in [4.78, 5) is 12.3. The molecular weight excluding hydrogens is 200 g/mol. The molecule has 0 saturated heterocycles. The Hall–Kier alpha value is -1.81. The van der Waals surface area contributed by atoms with Crippen LogP contribution in [0.2, 0.25) is 0 Å². The number of hydrogen-bond acceptors (Lipinski definition) is 4. The smallest absolute Gasteiger partial charge is 0.115 e. The third kappa shape index (κ3) is 2.23. The predicted octanol–water partition coefficient (Wildman–Crippen LogP) is 1.54. The number of pyridine rings is 1. The molecule has 0 aliphatic carbocycles. The molecule has 0 bridgehead atoms. The number of aryl methyl sites for hydroxylation is 2. The molecule has 0 spiro atoms. The van der Waals surface area contributed by atoms with Gasteiger partial charge in [-0.05, 0) is 31.5 Å². The molecule has 0 aliphatic rings. The fraction of sp³-hybridized carbons (Fsp3) is 0.250. The summed E-state index contributed by atoms with van der Waals surface area (Å²) in [5.41, 5.74) is 10.0. The van der Waals surface area contributed by atoms with Crippen molar-refractivity contribution in [2.45, 2.75) is 19.9 Å². The van der Waals surface area contributed by atoms with Gasteiger partial charge in [0.1, 0.15) is 6.33 Å². The number of nitrogens with zero attached hydrogens (tertiary/aromatic N) is 3. The van der Waals surface area contributed by atoms with Crippen molar-refractivity contribution in [3.8, 4) is 0 Å². The Morgan fingerprint density at radius 3 is 2.12 bits per heavy atom. The Bertz CT molecular complexity index is 461. The standard InChI is InChI=1S/C12H14N4/c1-8-3-10(4-9(2)16-8)12(13)11-5-14-7-15-6-11/h3-7,12H,13H2,1-2H3. The van der Waals surface area contributed by atoms with Crippen molar-refractivity contribution in [3.63, 3.8) is 0 Å². The summed E-state index contributed by atoms with van der Waals surface area (Å²) >= 11 is 0. The van der Waals surface area contributed by atoms with Crippen LogP contribution in [0.4, 0.5) is 0 Å². The lowest BCUT2D eigenvalue weighted by molar-refractivity contribution is 0.841. The molecule has 2 N–H and O–H groups in total. The van der Waals surface area contributed by atoms with Crippen molar-refractivity contribution in [2.24, 2.45) is 5.73 Å². The van der Waals surface area contributed by atoms with Gasteiger partial charge in [0.05, 0.1) is 6.04 Å². The van der Waals surface area contributed by atoms with Crippen LogP contribution in [-0.4, -0.2) is 15.0 Å². The molecule has 82 valence electrons. The van der Waals surface area contributed by atoms with Crippen LogP contribution in [-0.2, 0) is 0 Å². The number of nitrogens with two attached hydrogens (primary N) is 1. The first-order chi connectivity index (χ1) is 7.66. The van der Waals surface area contributed by atoms with Crippen LogP contribution in [0.1, 0.15) is 28.6 Å². The fourth-order valence-corrected chi connectivity index (χ4v) is 1.71. The van der Waals surface area contributed by atoms with Gasteiger partial charge in [0.15, 0.2) is 0 Å². The van der Waals surface area contributed by atoms with Crippen molar-refractivity contribution >= 4 is 0 Å². The third-order valence-electron chi connectivity index (χ3n) is 2.40. The van der Waals surface area contributed by atoms with E-state index in [9.17, 15) is 0 Å². The highest BCUT2D eigenvalue weighted by Crippen LogP contribution is 2.19. The van der Waals surface area contributed by atoms with E-state index in [1.807, 2.05) is 26.0 Å². The molecule has 2 heterocycles. The molecule has 1 atom stereocenters. The van der Waals surface area contributed by atoms with Crippen molar-refractivity contribution in [3.05, 3.63) is 53.4 Å². The van der Waals surface area contributed by atoms with Gasteiger partial charge in [0.25, 0.3) is 0 Å². The largest absolute Gasteiger partial charge is 0.320 e. The van der Waals surface area contributed by atoms with Crippen molar-refractivity contribution in [1.82, 2.24) is 15.0 Å². The molecule has 0 radical (unpaired) electrons. The second kappa shape index (κ2) is 4.37. The first-order valence-electron chi connectivity index (χ1n) is 5.12. The first kappa shape index (κ1) is 10.7. The van der Waals surface area contributed by atoms with Crippen molar-refractivity contribution in [2.75, 3.05) is 0 Å². The fourth-order valence-electron chi connectivity index (χ4n) is 1.71. The number of hydrogen-bond donors (Lipinski definition) is 1. The number of rotatable bonds is 2. The third-order valence-corrected chi connectivity index (χ3v) is 2.40. The zero-order chi connectivity index (χ0) is 11.5. The molecule has 0 fully saturated rings. The van der Waals surface area contributed by atoms with Gasteiger partial charge < -0.3 is 5.73 Å². The maximum absolute atomic E-state index is 6.15. The monoisotopic (exact) mass is 214 g/mol. The molecule has 2 aromatic rings. The average Bonchev–Trinajstić information content (AvgIpc) is 2.28. The lowest BCUT2D eigenvalue weighted by Gasteiger charge is -2.12. The van der Waals surface area contributed by atoms with Gasteiger partial charge in [0.2, 0.25) is 0 Å². The summed E-state index contributed by atoms with van der Waals surface area (Å²) in [6.07, 6.45) is 4.98. The van der Waals surface area contributed by atoms with E-state index in [2.05, 4.69) is 15.0 Å². The Morgan fingerprint density at radius 1 is 1.00 bits per heavy atom. The van der Waals surface area contributed by atoms with Gasteiger partial charge in [-0.1, -0.05) is 0 Å². The van der Waals surface area contributed by atoms with E-state index in [0.29, 0.717) is 0 Å². The highest BCUT2D eigenvalue weighted by atomic mass is 14.8. The summed E-state index contributed by atoms with van der Waals surface area (Å²) in [5, 5.41) is 0. The second-order valence-electron chi connectivity index (χ2n) is 3.83. The van der Waals surface area contributed by atoms with Crippen LogP contribution in [0, 0.1) is 13.8 Å². The van der Waals surface area contributed by atoms with Gasteiger partial charge in [-0.25, -0.2) is 9.97 Å². The first-order valence-corrected chi connectivity index (χ1v) is 5.12. The van der Waals surface area contributed by atoms with Crippen LogP contribution < -0.4 is 5.73 Å². The van der Waals surface area contributed by atoms with Crippen LogP contribution in [0.5, 0.6) is 0 Å². The predicted molar refractivity (Wildman–Crippen MR) is 61.8 cm³/mol. The summed E-state index contributed by atoms with van der Waals surface area (Å²) in [5.74, 6) is 0. The Morgan fingerprint density at radius 2 is 1.56 bits per heavy atom. The van der Waals surface area contributed by atoms with E-state index in [0.717, 1.165) is 22.5 Å². The molecule has 1 unspecified atom stereocenters. The van der Waals surface area contributed by atoms with E-state index in [1.54, 1.807) is 12.4 Å². The molecule has 0 aliphatic heterocycles. The van der Waals surface area contributed by atoms with E-state index < -0.39 is 0 Å². The lowest BCUT2D eigenvalue weighted by Crippen LogP contribution is -2.13. The van der Waals surface area contributed by atoms with Crippen molar-refractivity contribution in [1.29, 1.82) is 0 Å². The van der Waals surface area contributed by atoms with Gasteiger partial charge >= 0.3 is 0 Å². The lowest BCUT2D eigenvalue weighted by atomic mass is 10.0. The quantitative estimate of drug-likeness (QED) is 0.823. The normalized spacial score (nSPS) is 12.4. The summed E-state index contributed by atoms with van der Waals surface area (Å²) in [6.45, 7) is 3.93. The molecule has 16 heavy (non-hydrogen) atoms. The molecule has 2 rings (SSSR count). The summed E-state index contributed by atoms with van der Waals surface area (Å²) < 4.78 is 0. The molecular formula is C12H14N4. The topological polar surface area (TPSA) is 64.7 Å². The van der Waals surface area contributed by atoms with E-state index in [-0.39, 0.29) is 6.04 Å². The zero-order valence-electron chi connectivity index (χ0n) is 9.38. The zero-order valence-corrected chi connectivity index (χ0v) is 9.38. The maximum Gasteiger partial charge on any atom is 0.115 e. The highest BCUT2D eigenvalue weighted by molar-refractivity contribution is 5.30. The molecule has 0 aromatic carbocycles. The van der Waals surface area contributed by atoms with E-state index in [1.165, 1.54) is 6.33 Å². The second-order valence-corrected chi connectivity index (χ2v) is 3.83. The van der Waals surface area contributed by atoms with E-state index in [4.69, 9.17) is 5.73 Å². The Balaban J connectivity index is 2.37. The van der Waals surface area contributed by atoms with Gasteiger partial charge in [-0.2, -0.15) is 0 Å². The minimum absolute atomic E-state index is 0.193. The van der Waals surface area contributed by atoms with Crippen LogP contribution in [0.25, 0.3) is 0 Å². The molecule has 4 nitrogen and oxygen atoms in total. The maximum atomic E-state index is 6.15. The van der Waals surface area contributed by atoms with Crippen LogP contribution >= 0.6 is 0 Å². The average molecular weight is 214 g/mol. The van der Waals surface area contributed by atoms with Crippen LogP contribution in [0.15, 0.2) is 30.9 Å². The molecule has 4 heteroatoms. The minimum atomic E-state index is -0.193. The number of aromatic nitrogens is 3. The summed E-state index contributed by atoms with van der Waals surface area (Å²) in [7, 11) is 0. The highest BCUT2D eigenvalue weighted by Gasteiger charge is 2.10. The van der Waals surface area contributed by atoms with Gasteiger partial charge in [0, 0.05) is 29.3 Å². The molecule has 0 amide bonds. The van der Waals surface area contributed by atoms with Crippen LogP contribution in [0.3, 0.4) is 0 Å².